The van der Waals surface area contributed by atoms with Gasteiger partial charge in [0.1, 0.15) is 16.0 Å². The molecule has 0 saturated heterocycles. The van der Waals surface area contributed by atoms with Crippen LogP contribution in [0, 0.1) is 4.64 Å². The zero-order chi connectivity index (χ0) is 11.3. The van der Waals surface area contributed by atoms with Crippen molar-refractivity contribution in [2.75, 3.05) is 0 Å². The third kappa shape index (κ3) is 1.33. The first-order chi connectivity index (χ1) is 7.70. The van der Waals surface area contributed by atoms with Crippen LogP contribution in [0.25, 0.3) is 11.2 Å². The summed E-state index contributed by atoms with van der Waals surface area (Å²) in [6.07, 6.45) is 2.35. The van der Waals surface area contributed by atoms with Crippen molar-refractivity contribution >= 4 is 23.4 Å². The highest BCUT2D eigenvalue weighted by Gasteiger charge is 2.27. The van der Waals surface area contributed by atoms with Gasteiger partial charge in [0.15, 0.2) is 5.65 Å². The predicted molar refractivity (Wildman–Crippen MR) is 63.2 cm³/mol. The molecular formula is C10H12N4OS. The van der Waals surface area contributed by atoms with Crippen molar-refractivity contribution in [3.8, 4) is 0 Å². The third-order valence-corrected chi connectivity index (χ3v) is 3.24. The summed E-state index contributed by atoms with van der Waals surface area (Å²) in [7, 11) is 0. The van der Waals surface area contributed by atoms with E-state index in [4.69, 9.17) is 12.2 Å². The van der Waals surface area contributed by atoms with E-state index in [1.165, 1.54) is 12.8 Å². The molecule has 0 amide bonds. The van der Waals surface area contributed by atoms with Gasteiger partial charge in [-0.2, -0.15) is 0 Å². The average Bonchev–Trinajstić information content (AvgIpc) is 2.99. The molecule has 5 nitrogen and oxygen atoms in total. The zero-order valence-corrected chi connectivity index (χ0v) is 9.73. The molecule has 6 heteroatoms. The van der Waals surface area contributed by atoms with E-state index in [1.807, 2.05) is 6.92 Å². The number of imidazole rings is 1. The lowest BCUT2D eigenvalue weighted by Gasteiger charge is -2.00. The van der Waals surface area contributed by atoms with Gasteiger partial charge >= 0.3 is 5.69 Å². The maximum Gasteiger partial charge on any atom is 0.328 e. The fraction of sp³-hybridized carbons (Fsp3) is 0.500. The van der Waals surface area contributed by atoms with Crippen LogP contribution in [-0.2, 0) is 6.54 Å². The van der Waals surface area contributed by atoms with E-state index in [-0.39, 0.29) is 5.69 Å². The van der Waals surface area contributed by atoms with Gasteiger partial charge in [0.25, 0.3) is 0 Å². The highest BCUT2D eigenvalue weighted by molar-refractivity contribution is 7.71. The van der Waals surface area contributed by atoms with Crippen LogP contribution in [0.5, 0.6) is 0 Å². The van der Waals surface area contributed by atoms with E-state index in [2.05, 4.69) is 15.0 Å². The molecule has 1 aliphatic carbocycles. The maximum atomic E-state index is 11.7. The van der Waals surface area contributed by atoms with E-state index in [9.17, 15) is 4.79 Å². The Labute approximate surface area is 96.5 Å². The molecule has 1 aliphatic rings. The Morgan fingerprint density at radius 3 is 2.88 bits per heavy atom. The lowest BCUT2D eigenvalue weighted by Crippen LogP contribution is -2.22. The zero-order valence-electron chi connectivity index (χ0n) is 8.91. The first-order valence-corrected chi connectivity index (χ1v) is 5.84. The number of aromatic nitrogens is 4. The van der Waals surface area contributed by atoms with Crippen LogP contribution in [0.3, 0.4) is 0 Å². The number of aromatic amines is 2. The molecule has 1 fully saturated rings. The summed E-state index contributed by atoms with van der Waals surface area (Å²) < 4.78 is 2.05. The van der Waals surface area contributed by atoms with Crippen LogP contribution in [0.15, 0.2) is 4.79 Å². The first-order valence-electron chi connectivity index (χ1n) is 5.43. The van der Waals surface area contributed by atoms with Gasteiger partial charge in [-0.3, -0.25) is 9.55 Å². The van der Waals surface area contributed by atoms with Crippen LogP contribution < -0.4 is 5.69 Å². The van der Waals surface area contributed by atoms with Gasteiger partial charge in [0, 0.05) is 12.5 Å². The minimum atomic E-state index is -0.186. The number of nitrogens with zero attached hydrogens (tertiary/aromatic N) is 2. The number of fused-ring (bicyclic) bond motifs is 1. The topological polar surface area (TPSA) is 66.5 Å². The number of hydrogen-bond acceptors (Lipinski definition) is 3. The van der Waals surface area contributed by atoms with Crippen molar-refractivity contribution < 1.29 is 0 Å². The standard InChI is InChI=1S/C10H12N4OS/c1-2-14-8-6(9(16)13-10(14)15)11-7(12-8)5-3-4-5/h5H,2-4H2,1H3,(H,11,12)(H,13,15,16). The highest BCUT2D eigenvalue weighted by atomic mass is 32.1. The minimum absolute atomic E-state index is 0.186. The summed E-state index contributed by atoms with van der Waals surface area (Å²) in [5.41, 5.74) is 1.27. The van der Waals surface area contributed by atoms with Crippen molar-refractivity contribution in [1.82, 2.24) is 19.5 Å². The third-order valence-electron chi connectivity index (χ3n) is 2.93. The fourth-order valence-electron chi connectivity index (χ4n) is 1.90. The second-order valence-corrected chi connectivity index (χ2v) is 4.51. The summed E-state index contributed by atoms with van der Waals surface area (Å²) in [6, 6.07) is 0. The van der Waals surface area contributed by atoms with Gasteiger partial charge in [0.05, 0.1) is 0 Å². The van der Waals surface area contributed by atoms with E-state index < -0.39 is 0 Å². The van der Waals surface area contributed by atoms with Crippen LogP contribution in [0.1, 0.15) is 31.5 Å². The van der Waals surface area contributed by atoms with E-state index in [0.29, 0.717) is 22.8 Å². The van der Waals surface area contributed by atoms with Crippen molar-refractivity contribution in [1.29, 1.82) is 0 Å². The van der Waals surface area contributed by atoms with Crippen LogP contribution in [-0.4, -0.2) is 19.5 Å². The molecule has 0 atom stereocenters. The quantitative estimate of drug-likeness (QED) is 0.780. The van der Waals surface area contributed by atoms with Crippen molar-refractivity contribution in [2.24, 2.45) is 0 Å². The molecule has 2 N–H and O–H groups in total. The monoisotopic (exact) mass is 236 g/mol. The highest BCUT2D eigenvalue weighted by Crippen LogP contribution is 2.38. The summed E-state index contributed by atoms with van der Waals surface area (Å²) in [6.45, 7) is 2.51. The lowest BCUT2D eigenvalue weighted by atomic mass is 10.4. The fourth-order valence-corrected chi connectivity index (χ4v) is 2.13. The molecule has 0 unspecified atom stereocenters. The Hall–Kier alpha value is -1.43. The Morgan fingerprint density at radius 1 is 1.50 bits per heavy atom. The second kappa shape index (κ2) is 3.28. The molecule has 0 aliphatic heterocycles. The molecule has 2 aromatic heterocycles. The van der Waals surface area contributed by atoms with Crippen LogP contribution in [0.4, 0.5) is 0 Å². The summed E-state index contributed by atoms with van der Waals surface area (Å²) in [5.74, 6) is 1.49. The number of hydrogen-bond donors (Lipinski definition) is 2. The average molecular weight is 236 g/mol. The molecule has 2 aromatic rings. The Balaban J connectivity index is 2.38. The van der Waals surface area contributed by atoms with Crippen LogP contribution >= 0.6 is 12.2 Å². The van der Waals surface area contributed by atoms with E-state index in [0.717, 1.165) is 11.3 Å². The van der Waals surface area contributed by atoms with Crippen molar-refractivity contribution in [3.05, 3.63) is 20.9 Å². The molecule has 3 rings (SSSR count). The molecule has 1 saturated carbocycles. The Morgan fingerprint density at radius 2 is 2.25 bits per heavy atom. The largest absolute Gasteiger partial charge is 0.338 e. The predicted octanol–water partition coefficient (Wildman–Crippen LogP) is 1.68. The van der Waals surface area contributed by atoms with Gasteiger partial charge in [0.2, 0.25) is 0 Å². The lowest BCUT2D eigenvalue weighted by molar-refractivity contribution is 0.721. The summed E-state index contributed by atoms with van der Waals surface area (Å²) in [5, 5.41) is 0. The van der Waals surface area contributed by atoms with Gasteiger partial charge in [-0.1, -0.05) is 12.2 Å². The number of rotatable bonds is 2. The van der Waals surface area contributed by atoms with Gasteiger partial charge < -0.3 is 4.98 Å². The first kappa shape index (κ1) is 9.77. The molecule has 0 aromatic carbocycles. The molecule has 16 heavy (non-hydrogen) atoms. The Kier molecular flexibility index (Phi) is 2.00. The van der Waals surface area contributed by atoms with Crippen molar-refractivity contribution in [2.45, 2.75) is 32.2 Å². The summed E-state index contributed by atoms with van der Waals surface area (Å²) >= 11 is 5.13. The Bertz CT molecular complexity index is 661. The smallest absolute Gasteiger partial charge is 0.328 e. The number of aryl methyl sites for hydroxylation is 1. The van der Waals surface area contributed by atoms with Crippen LogP contribution in [0.2, 0.25) is 0 Å². The molecule has 0 bridgehead atoms. The summed E-state index contributed by atoms with van der Waals surface area (Å²) in [4.78, 5) is 22.0. The maximum absolute atomic E-state index is 11.7. The SMILES string of the molecule is CCn1c(=O)[nH]c(=S)c2[nH]c(C3CC3)nc21. The molecule has 0 radical (unpaired) electrons. The minimum Gasteiger partial charge on any atom is -0.338 e. The van der Waals surface area contributed by atoms with Crippen molar-refractivity contribution in [3.63, 3.8) is 0 Å². The molecule has 0 spiro atoms. The van der Waals surface area contributed by atoms with Gasteiger partial charge in [-0.05, 0) is 19.8 Å². The number of H-pyrrole nitrogens is 2. The molecule has 2 heterocycles. The molecule has 84 valence electrons. The molecular weight excluding hydrogens is 224 g/mol. The van der Waals surface area contributed by atoms with Gasteiger partial charge in [-0.15, -0.1) is 0 Å². The normalized spacial score (nSPS) is 15.8. The second-order valence-electron chi connectivity index (χ2n) is 4.10. The van der Waals surface area contributed by atoms with E-state index >= 15 is 0 Å². The van der Waals surface area contributed by atoms with E-state index in [1.54, 1.807) is 4.57 Å². The van der Waals surface area contributed by atoms with Gasteiger partial charge in [-0.25, -0.2) is 9.78 Å². The number of nitrogens with one attached hydrogen (secondary N) is 2.